The first-order valence-corrected chi connectivity index (χ1v) is 9.16. The number of quaternary nitrogens is 1. The van der Waals surface area contributed by atoms with Crippen LogP contribution in [0.2, 0.25) is 0 Å². The molecular formula is C23H28N+. The van der Waals surface area contributed by atoms with Crippen molar-refractivity contribution in [3.05, 3.63) is 71.8 Å². The molecule has 0 spiro atoms. The van der Waals surface area contributed by atoms with Crippen molar-refractivity contribution in [3.63, 3.8) is 0 Å². The molecule has 1 heteroatoms. The molecule has 0 bridgehead atoms. The third kappa shape index (κ3) is 4.49. The highest BCUT2D eigenvalue weighted by Crippen LogP contribution is 2.27. The molecule has 2 aromatic carbocycles. The molecule has 0 unspecified atom stereocenters. The highest BCUT2D eigenvalue weighted by Gasteiger charge is 2.23. The Morgan fingerprint density at radius 1 is 0.792 bits per heavy atom. The molecule has 1 fully saturated rings. The zero-order valence-electron chi connectivity index (χ0n) is 14.7. The molecule has 0 N–H and O–H groups in total. The molecule has 1 heterocycles. The SMILES string of the molecule is C[N+]1(CC#CCC(c2ccccc2)c2ccccc2)CCCCC1. The summed E-state index contributed by atoms with van der Waals surface area (Å²) in [6.45, 7) is 3.57. The third-order valence-electron chi connectivity index (χ3n) is 5.19. The van der Waals surface area contributed by atoms with Crippen LogP contribution < -0.4 is 0 Å². The van der Waals surface area contributed by atoms with E-state index in [0.29, 0.717) is 5.92 Å². The zero-order chi connectivity index (χ0) is 16.7. The van der Waals surface area contributed by atoms with Crippen molar-refractivity contribution in [1.82, 2.24) is 0 Å². The average molecular weight is 318 g/mol. The van der Waals surface area contributed by atoms with Crippen LogP contribution >= 0.6 is 0 Å². The largest absolute Gasteiger partial charge is 0.316 e. The van der Waals surface area contributed by atoms with Crippen molar-refractivity contribution in [3.8, 4) is 11.8 Å². The molecule has 0 saturated carbocycles. The van der Waals surface area contributed by atoms with Gasteiger partial charge in [-0.1, -0.05) is 66.6 Å². The van der Waals surface area contributed by atoms with Crippen LogP contribution in [0, 0.1) is 11.8 Å². The van der Waals surface area contributed by atoms with Gasteiger partial charge in [-0.3, -0.25) is 0 Å². The van der Waals surface area contributed by atoms with E-state index in [-0.39, 0.29) is 0 Å². The number of rotatable bonds is 4. The van der Waals surface area contributed by atoms with Crippen molar-refractivity contribution in [2.75, 3.05) is 26.7 Å². The highest BCUT2D eigenvalue weighted by molar-refractivity contribution is 5.33. The van der Waals surface area contributed by atoms with E-state index in [9.17, 15) is 0 Å². The lowest BCUT2D eigenvalue weighted by atomic mass is 9.89. The molecule has 0 radical (unpaired) electrons. The van der Waals surface area contributed by atoms with Gasteiger partial charge in [-0.05, 0) is 36.3 Å². The minimum Gasteiger partial charge on any atom is -0.316 e. The lowest BCUT2D eigenvalue weighted by molar-refractivity contribution is -0.907. The number of nitrogens with zero attached hydrogens (tertiary/aromatic N) is 1. The van der Waals surface area contributed by atoms with E-state index in [0.717, 1.165) is 17.4 Å². The molecule has 1 aliphatic rings. The number of hydrogen-bond donors (Lipinski definition) is 0. The van der Waals surface area contributed by atoms with E-state index in [1.54, 1.807) is 0 Å². The number of benzene rings is 2. The molecule has 0 amide bonds. The zero-order valence-corrected chi connectivity index (χ0v) is 14.7. The highest BCUT2D eigenvalue weighted by atomic mass is 15.3. The van der Waals surface area contributed by atoms with Crippen LogP contribution in [0.4, 0.5) is 0 Å². The predicted molar refractivity (Wildman–Crippen MR) is 102 cm³/mol. The van der Waals surface area contributed by atoms with Crippen LogP contribution in [0.1, 0.15) is 42.7 Å². The summed E-state index contributed by atoms with van der Waals surface area (Å²) in [6.07, 6.45) is 5.00. The minimum atomic E-state index is 0.367. The molecule has 0 aromatic heterocycles. The smallest absolute Gasteiger partial charge is 0.140 e. The van der Waals surface area contributed by atoms with Gasteiger partial charge >= 0.3 is 0 Å². The van der Waals surface area contributed by atoms with Gasteiger partial charge in [-0.15, -0.1) is 0 Å². The van der Waals surface area contributed by atoms with Gasteiger partial charge in [0, 0.05) is 12.3 Å². The summed E-state index contributed by atoms with van der Waals surface area (Å²) in [6, 6.07) is 21.5. The standard InChI is InChI=1S/C23H28N/c1-24(18-10-4-11-19-24)20-12-9-17-23(21-13-5-2-6-14-21)22-15-7-3-8-16-22/h2-3,5-8,13-16,23H,4,10-11,17-20H2,1H3/q+1. The van der Waals surface area contributed by atoms with Crippen LogP contribution in [0.5, 0.6) is 0 Å². The molecule has 124 valence electrons. The first kappa shape index (κ1) is 16.8. The number of likely N-dealkylation sites (tertiary alicyclic amines) is 1. The van der Waals surface area contributed by atoms with Crippen molar-refractivity contribution < 1.29 is 4.48 Å². The average Bonchev–Trinajstić information content (AvgIpc) is 2.64. The van der Waals surface area contributed by atoms with Gasteiger partial charge in [0.15, 0.2) is 0 Å². The van der Waals surface area contributed by atoms with Crippen LogP contribution in [-0.2, 0) is 0 Å². The second-order valence-electron chi connectivity index (χ2n) is 7.22. The van der Waals surface area contributed by atoms with Crippen molar-refractivity contribution in [1.29, 1.82) is 0 Å². The topological polar surface area (TPSA) is 0 Å². The summed E-state index contributed by atoms with van der Waals surface area (Å²) in [5, 5.41) is 0. The van der Waals surface area contributed by atoms with E-state index in [4.69, 9.17) is 0 Å². The van der Waals surface area contributed by atoms with E-state index >= 15 is 0 Å². The molecular weight excluding hydrogens is 290 g/mol. The Bertz CT molecular complexity index is 633. The Morgan fingerprint density at radius 2 is 1.33 bits per heavy atom. The molecule has 0 atom stereocenters. The quantitative estimate of drug-likeness (QED) is 0.559. The summed E-state index contributed by atoms with van der Waals surface area (Å²) in [7, 11) is 2.36. The van der Waals surface area contributed by atoms with Gasteiger partial charge < -0.3 is 4.48 Å². The fourth-order valence-electron chi connectivity index (χ4n) is 3.65. The Kier molecular flexibility index (Phi) is 5.72. The van der Waals surface area contributed by atoms with Gasteiger partial charge in [0.2, 0.25) is 0 Å². The first-order chi connectivity index (χ1) is 11.8. The molecule has 24 heavy (non-hydrogen) atoms. The van der Waals surface area contributed by atoms with E-state index in [1.165, 1.54) is 43.5 Å². The molecule has 2 aromatic rings. The molecule has 1 saturated heterocycles. The van der Waals surface area contributed by atoms with Crippen molar-refractivity contribution in [2.24, 2.45) is 0 Å². The maximum Gasteiger partial charge on any atom is 0.140 e. The number of hydrogen-bond acceptors (Lipinski definition) is 0. The molecule has 3 rings (SSSR count). The first-order valence-electron chi connectivity index (χ1n) is 9.16. The third-order valence-corrected chi connectivity index (χ3v) is 5.19. The fourth-order valence-corrected chi connectivity index (χ4v) is 3.65. The van der Waals surface area contributed by atoms with Gasteiger partial charge in [-0.25, -0.2) is 0 Å². The summed E-state index contributed by atoms with van der Waals surface area (Å²) in [4.78, 5) is 0. The molecule has 1 nitrogen and oxygen atoms in total. The lowest BCUT2D eigenvalue weighted by Gasteiger charge is -2.36. The van der Waals surface area contributed by atoms with Gasteiger partial charge in [0.1, 0.15) is 6.54 Å². The van der Waals surface area contributed by atoms with Gasteiger partial charge in [0.25, 0.3) is 0 Å². The number of piperidine rings is 1. The van der Waals surface area contributed by atoms with Gasteiger partial charge in [-0.2, -0.15) is 0 Å². The van der Waals surface area contributed by atoms with E-state index < -0.39 is 0 Å². The summed E-state index contributed by atoms with van der Waals surface area (Å²) in [5.41, 5.74) is 2.72. The Balaban J connectivity index is 1.70. The van der Waals surface area contributed by atoms with E-state index in [2.05, 4.69) is 79.6 Å². The van der Waals surface area contributed by atoms with Gasteiger partial charge in [0.05, 0.1) is 20.1 Å². The van der Waals surface area contributed by atoms with Crippen molar-refractivity contribution in [2.45, 2.75) is 31.6 Å². The Labute approximate surface area is 146 Å². The predicted octanol–water partition coefficient (Wildman–Crippen LogP) is 4.84. The van der Waals surface area contributed by atoms with Crippen LogP contribution in [-0.4, -0.2) is 31.2 Å². The summed E-state index contributed by atoms with van der Waals surface area (Å²) < 4.78 is 1.13. The van der Waals surface area contributed by atoms with Crippen molar-refractivity contribution >= 4 is 0 Å². The maximum absolute atomic E-state index is 3.49. The second kappa shape index (κ2) is 8.18. The van der Waals surface area contributed by atoms with E-state index in [1.807, 2.05) is 0 Å². The Morgan fingerprint density at radius 3 is 1.88 bits per heavy atom. The lowest BCUT2D eigenvalue weighted by Crippen LogP contribution is -2.47. The summed E-state index contributed by atoms with van der Waals surface area (Å²) >= 11 is 0. The molecule has 1 aliphatic heterocycles. The Hall–Kier alpha value is -2.04. The maximum atomic E-state index is 3.49. The molecule has 0 aliphatic carbocycles. The van der Waals surface area contributed by atoms with Crippen LogP contribution in [0.15, 0.2) is 60.7 Å². The second-order valence-corrected chi connectivity index (χ2v) is 7.22. The minimum absolute atomic E-state index is 0.367. The van der Waals surface area contributed by atoms with Crippen LogP contribution in [0.3, 0.4) is 0 Å². The van der Waals surface area contributed by atoms with Crippen LogP contribution in [0.25, 0.3) is 0 Å². The fraction of sp³-hybridized carbons (Fsp3) is 0.391. The normalized spacial score (nSPS) is 16.4. The monoisotopic (exact) mass is 318 g/mol. The summed E-state index contributed by atoms with van der Waals surface area (Å²) in [5.74, 6) is 7.34.